The summed E-state index contributed by atoms with van der Waals surface area (Å²) in [5, 5.41) is 9.22. The minimum absolute atomic E-state index is 0.294. The monoisotopic (exact) mass is 288 g/mol. The Morgan fingerprint density at radius 3 is 2.86 bits per heavy atom. The Bertz CT molecular complexity index is 476. The van der Waals surface area contributed by atoms with E-state index in [1.54, 1.807) is 0 Å². The molecule has 0 aromatic heterocycles. The van der Waals surface area contributed by atoms with E-state index in [0.717, 1.165) is 37.4 Å². The number of hydrogen-bond acceptors (Lipinski definition) is 4. The van der Waals surface area contributed by atoms with Gasteiger partial charge < -0.3 is 15.6 Å². The lowest BCUT2D eigenvalue weighted by molar-refractivity contribution is 0.107. The van der Waals surface area contributed by atoms with Crippen molar-refractivity contribution in [2.24, 2.45) is 11.7 Å². The van der Waals surface area contributed by atoms with Crippen molar-refractivity contribution in [2.45, 2.75) is 12.8 Å². The third-order valence-corrected chi connectivity index (χ3v) is 3.73. The van der Waals surface area contributed by atoms with Gasteiger partial charge in [0.25, 0.3) is 0 Å². The van der Waals surface area contributed by atoms with Gasteiger partial charge in [0.2, 0.25) is 0 Å². The van der Waals surface area contributed by atoms with Crippen LogP contribution in [-0.2, 0) is 0 Å². The first-order valence-corrected chi connectivity index (χ1v) is 7.57. The summed E-state index contributed by atoms with van der Waals surface area (Å²) in [7, 11) is 0. The predicted octanol–water partition coefficient (Wildman–Crippen LogP) is 1.08. The van der Waals surface area contributed by atoms with Crippen LogP contribution in [0.4, 0.5) is 0 Å². The van der Waals surface area contributed by atoms with E-state index in [4.69, 9.17) is 10.5 Å². The van der Waals surface area contributed by atoms with Gasteiger partial charge in [-0.1, -0.05) is 11.8 Å². The van der Waals surface area contributed by atoms with E-state index in [1.807, 2.05) is 24.3 Å². The van der Waals surface area contributed by atoms with Gasteiger partial charge in [0.15, 0.2) is 0 Å². The smallest absolute Gasteiger partial charge is 0.119 e. The molecule has 0 saturated carbocycles. The Balaban J connectivity index is 1.73. The van der Waals surface area contributed by atoms with Gasteiger partial charge >= 0.3 is 0 Å². The van der Waals surface area contributed by atoms with Crippen LogP contribution in [-0.4, -0.2) is 49.4 Å². The summed E-state index contributed by atoms with van der Waals surface area (Å²) in [4.78, 5) is 2.37. The van der Waals surface area contributed by atoms with E-state index >= 15 is 0 Å². The zero-order valence-electron chi connectivity index (χ0n) is 12.4. The highest BCUT2D eigenvalue weighted by Gasteiger charge is 2.18. The van der Waals surface area contributed by atoms with Crippen LogP contribution >= 0.6 is 0 Å². The SMILES string of the molecule is NCC#Cc1ccc(OCCN2CCCC(CO)C2)cc1. The first-order valence-electron chi connectivity index (χ1n) is 7.57. The molecule has 4 nitrogen and oxygen atoms in total. The lowest BCUT2D eigenvalue weighted by Gasteiger charge is -2.31. The third-order valence-electron chi connectivity index (χ3n) is 3.73. The van der Waals surface area contributed by atoms with Crippen LogP contribution in [0.1, 0.15) is 18.4 Å². The van der Waals surface area contributed by atoms with Gasteiger partial charge in [0.1, 0.15) is 12.4 Å². The first-order chi connectivity index (χ1) is 10.3. The molecule has 4 heteroatoms. The molecule has 3 N–H and O–H groups in total. The largest absolute Gasteiger partial charge is 0.492 e. The average Bonchev–Trinajstić information content (AvgIpc) is 2.54. The van der Waals surface area contributed by atoms with Crippen molar-refractivity contribution in [1.29, 1.82) is 0 Å². The second-order valence-corrected chi connectivity index (χ2v) is 5.37. The Hall–Kier alpha value is -1.54. The molecular weight excluding hydrogens is 264 g/mol. The van der Waals surface area contributed by atoms with Crippen molar-refractivity contribution in [3.05, 3.63) is 29.8 Å². The maximum absolute atomic E-state index is 9.22. The Labute approximate surface area is 126 Å². The molecule has 1 fully saturated rings. The van der Waals surface area contributed by atoms with Gasteiger partial charge in [0, 0.05) is 25.3 Å². The summed E-state index contributed by atoms with van der Waals surface area (Å²) >= 11 is 0. The second-order valence-electron chi connectivity index (χ2n) is 5.37. The van der Waals surface area contributed by atoms with Crippen molar-refractivity contribution >= 4 is 0 Å². The Kier molecular flexibility index (Phi) is 6.55. The zero-order valence-corrected chi connectivity index (χ0v) is 12.4. The van der Waals surface area contributed by atoms with Crippen LogP contribution in [0, 0.1) is 17.8 Å². The maximum atomic E-state index is 9.22. The minimum atomic E-state index is 0.294. The van der Waals surface area contributed by atoms with E-state index in [0.29, 0.717) is 25.7 Å². The van der Waals surface area contributed by atoms with Gasteiger partial charge in [0.05, 0.1) is 6.54 Å². The van der Waals surface area contributed by atoms with Gasteiger partial charge in [-0.25, -0.2) is 0 Å². The summed E-state index contributed by atoms with van der Waals surface area (Å²) in [6.07, 6.45) is 2.30. The van der Waals surface area contributed by atoms with Crippen molar-refractivity contribution in [3.8, 4) is 17.6 Å². The summed E-state index contributed by atoms with van der Waals surface area (Å²) in [6, 6.07) is 7.77. The molecular formula is C17H24N2O2. The molecule has 0 bridgehead atoms. The molecule has 0 aliphatic carbocycles. The number of ether oxygens (including phenoxy) is 1. The average molecular weight is 288 g/mol. The van der Waals surface area contributed by atoms with Crippen molar-refractivity contribution in [2.75, 3.05) is 39.4 Å². The van der Waals surface area contributed by atoms with Crippen LogP contribution in [0.25, 0.3) is 0 Å². The topological polar surface area (TPSA) is 58.7 Å². The van der Waals surface area contributed by atoms with Crippen LogP contribution in [0.2, 0.25) is 0 Å². The fourth-order valence-electron chi connectivity index (χ4n) is 2.58. The molecule has 1 aliphatic heterocycles. The highest BCUT2D eigenvalue weighted by molar-refractivity contribution is 5.38. The molecule has 0 amide bonds. The normalized spacial score (nSPS) is 18.9. The van der Waals surface area contributed by atoms with Gasteiger partial charge in [-0.15, -0.1) is 0 Å². The molecule has 0 radical (unpaired) electrons. The summed E-state index contributed by atoms with van der Waals surface area (Å²) in [5.74, 6) is 7.11. The highest BCUT2D eigenvalue weighted by atomic mass is 16.5. The fourth-order valence-corrected chi connectivity index (χ4v) is 2.58. The van der Waals surface area contributed by atoms with Crippen LogP contribution in [0.3, 0.4) is 0 Å². The maximum Gasteiger partial charge on any atom is 0.119 e. The van der Waals surface area contributed by atoms with E-state index in [-0.39, 0.29) is 0 Å². The third kappa shape index (κ3) is 5.39. The van der Waals surface area contributed by atoms with E-state index < -0.39 is 0 Å². The number of rotatable bonds is 5. The number of hydrogen-bond donors (Lipinski definition) is 2. The van der Waals surface area contributed by atoms with E-state index in [1.165, 1.54) is 6.42 Å². The van der Waals surface area contributed by atoms with Crippen LogP contribution in [0.5, 0.6) is 5.75 Å². The Morgan fingerprint density at radius 1 is 1.33 bits per heavy atom. The molecule has 1 aliphatic rings. The van der Waals surface area contributed by atoms with Gasteiger partial charge in [-0.05, 0) is 49.6 Å². The quantitative estimate of drug-likeness (QED) is 0.796. The van der Waals surface area contributed by atoms with Gasteiger partial charge in [-0.2, -0.15) is 0 Å². The van der Waals surface area contributed by atoms with E-state index in [2.05, 4.69) is 16.7 Å². The number of likely N-dealkylation sites (tertiary alicyclic amines) is 1. The van der Waals surface area contributed by atoms with E-state index in [9.17, 15) is 5.11 Å². The summed E-state index contributed by atoms with van der Waals surface area (Å²) in [5.41, 5.74) is 6.30. The number of aliphatic hydroxyl groups is 1. The second kappa shape index (κ2) is 8.68. The molecule has 1 atom stereocenters. The van der Waals surface area contributed by atoms with Gasteiger partial charge in [-0.3, -0.25) is 4.90 Å². The summed E-state index contributed by atoms with van der Waals surface area (Å²) < 4.78 is 5.76. The molecule has 2 rings (SSSR count). The zero-order chi connectivity index (χ0) is 14.9. The Morgan fingerprint density at radius 2 is 2.14 bits per heavy atom. The van der Waals surface area contributed by atoms with Crippen molar-refractivity contribution in [3.63, 3.8) is 0 Å². The highest BCUT2D eigenvalue weighted by Crippen LogP contribution is 2.16. The molecule has 21 heavy (non-hydrogen) atoms. The number of benzene rings is 1. The minimum Gasteiger partial charge on any atom is -0.492 e. The summed E-state index contributed by atoms with van der Waals surface area (Å²) in [6.45, 7) is 4.34. The fraction of sp³-hybridized carbons (Fsp3) is 0.529. The van der Waals surface area contributed by atoms with Crippen LogP contribution < -0.4 is 10.5 Å². The molecule has 0 spiro atoms. The van der Waals surface area contributed by atoms with Crippen molar-refractivity contribution in [1.82, 2.24) is 4.90 Å². The number of nitrogens with zero attached hydrogens (tertiary/aromatic N) is 1. The molecule has 114 valence electrons. The number of aliphatic hydroxyl groups excluding tert-OH is 1. The number of piperidine rings is 1. The standard InChI is InChI=1S/C17H24N2O2/c18-9-1-3-15-5-7-17(8-6-15)21-12-11-19-10-2-4-16(13-19)14-20/h5-8,16,20H,2,4,9-14,18H2. The first kappa shape index (κ1) is 15.8. The molecule has 1 heterocycles. The molecule has 1 saturated heterocycles. The van der Waals surface area contributed by atoms with Crippen molar-refractivity contribution < 1.29 is 9.84 Å². The number of nitrogens with two attached hydrogens (primary N) is 1. The lowest BCUT2D eigenvalue weighted by Crippen LogP contribution is -2.39. The predicted molar refractivity (Wildman–Crippen MR) is 84.1 cm³/mol. The lowest BCUT2D eigenvalue weighted by atomic mass is 9.99. The molecule has 1 aromatic carbocycles. The molecule has 1 unspecified atom stereocenters. The van der Waals surface area contributed by atoms with Crippen LogP contribution in [0.15, 0.2) is 24.3 Å². The molecule has 1 aromatic rings.